The zero-order valence-electron chi connectivity index (χ0n) is 13.0. The van der Waals surface area contributed by atoms with Crippen LogP contribution in [-0.2, 0) is 4.74 Å². The Morgan fingerprint density at radius 1 is 1.35 bits per heavy atom. The molecule has 0 amide bonds. The van der Waals surface area contributed by atoms with Gasteiger partial charge in [0.05, 0.1) is 17.2 Å². The number of aryl methyl sites for hydroxylation is 1. The minimum Gasteiger partial charge on any atom is -0.369 e. The monoisotopic (exact) mass is 296 g/mol. The van der Waals surface area contributed by atoms with Crippen LogP contribution in [-0.4, -0.2) is 11.2 Å². The van der Waals surface area contributed by atoms with Gasteiger partial charge in [0.25, 0.3) is 0 Å². The van der Waals surface area contributed by atoms with Crippen molar-refractivity contribution in [3.8, 4) is 0 Å². The first-order valence-electron chi connectivity index (χ1n) is 7.09. The molecular weight excluding hydrogens is 272 g/mol. The standard InChI is InChI=1S/C16H25ClN2O/c1-10-7-6-8-11(13(10)17)14(19-18)12-9-15(2,3)20-16(12,4)5/h6-8,12,14,19H,9,18H2,1-5H3. The highest BCUT2D eigenvalue weighted by Gasteiger charge is 2.49. The smallest absolute Gasteiger partial charge is 0.0681 e. The summed E-state index contributed by atoms with van der Waals surface area (Å²) in [6.07, 6.45) is 0.944. The van der Waals surface area contributed by atoms with E-state index in [1.165, 1.54) is 0 Å². The van der Waals surface area contributed by atoms with Crippen LogP contribution in [0.25, 0.3) is 0 Å². The molecule has 1 heterocycles. The highest BCUT2D eigenvalue weighted by Crippen LogP contribution is 2.48. The Kier molecular flexibility index (Phi) is 4.18. The lowest BCUT2D eigenvalue weighted by Crippen LogP contribution is -2.41. The fourth-order valence-corrected chi connectivity index (χ4v) is 3.70. The summed E-state index contributed by atoms with van der Waals surface area (Å²) in [5, 5.41) is 0.788. The van der Waals surface area contributed by atoms with Crippen molar-refractivity contribution >= 4 is 11.6 Å². The maximum atomic E-state index is 6.47. The quantitative estimate of drug-likeness (QED) is 0.660. The molecule has 20 heavy (non-hydrogen) atoms. The van der Waals surface area contributed by atoms with Crippen molar-refractivity contribution < 1.29 is 4.74 Å². The van der Waals surface area contributed by atoms with Gasteiger partial charge in [-0.2, -0.15) is 0 Å². The Balaban J connectivity index is 2.40. The van der Waals surface area contributed by atoms with Gasteiger partial charge in [-0.15, -0.1) is 0 Å². The maximum absolute atomic E-state index is 6.47. The summed E-state index contributed by atoms with van der Waals surface area (Å²) < 4.78 is 6.18. The van der Waals surface area contributed by atoms with Crippen molar-refractivity contribution in [2.75, 3.05) is 0 Å². The van der Waals surface area contributed by atoms with E-state index in [-0.39, 0.29) is 23.2 Å². The first-order valence-corrected chi connectivity index (χ1v) is 7.47. The van der Waals surface area contributed by atoms with Gasteiger partial charge in [-0.25, -0.2) is 0 Å². The number of benzene rings is 1. The van der Waals surface area contributed by atoms with Gasteiger partial charge < -0.3 is 4.74 Å². The molecule has 0 saturated carbocycles. The minimum atomic E-state index is -0.242. The molecule has 2 unspecified atom stereocenters. The molecule has 3 N–H and O–H groups in total. The van der Waals surface area contributed by atoms with Crippen LogP contribution in [0.3, 0.4) is 0 Å². The third kappa shape index (κ3) is 2.86. The largest absolute Gasteiger partial charge is 0.369 e. The first-order chi connectivity index (χ1) is 9.18. The molecule has 0 bridgehead atoms. The topological polar surface area (TPSA) is 47.3 Å². The van der Waals surface area contributed by atoms with Crippen molar-refractivity contribution in [2.24, 2.45) is 11.8 Å². The summed E-state index contributed by atoms with van der Waals surface area (Å²) in [6, 6.07) is 6.06. The number of nitrogens with one attached hydrogen (secondary N) is 1. The van der Waals surface area contributed by atoms with Crippen LogP contribution in [0, 0.1) is 12.8 Å². The fourth-order valence-electron chi connectivity index (χ4n) is 3.46. The van der Waals surface area contributed by atoms with Gasteiger partial charge in [-0.1, -0.05) is 29.8 Å². The highest BCUT2D eigenvalue weighted by molar-refractivity contribution is 6.32. The van der Waals surface area contributed by atoms with Gasteiger partial charge in [0, 0.05) is 10.9 Å². The predicted octanol–water partition coefficient (Wildman–Crippen LogP) is 3.75. The molecule has 1 fully saturated rings. The van der Waals surface area contributed by atoms with Crippen LogP contribution < -0.4 is 11.3 Å². The Labute approximate surface area is 126 Å². The molecule has 0 aliphatic carbocycles. The Morgan fingerprint density at radius 2 is 2.00 bits per heavy atom. The van der Waals surface area contributed by atoms with E-state index in [1.807, 2.05) is 25.1 Å². The molecule has 1 aliphatic heterocycles. The lowest BCUT2D eigenvalue weighted by atomic mass is 9.79. The molecule has 112 valence electrons. The van der Waals surface area contributed by atoms with E-state index >= 15 is 0 Å². The summed E-state index contributed by atoms with van der Waals surface area (Å²) in [6.45, 7) is 10.5. The van der Waals surface area contributed by atoms with Crippen LogP contribution in [0.2, 0.25) is 5.02 Å². The molecule has 2 atom stereocenters. The number of ether oxygens (including phenoxy) is 1. The van der Waals surface area contributed by atoms with Gasteiger partial charge in [-0.05, 0) is 52.2 Å². The second kappa shape index (κ2) is 5.30. The normalized spacial score (nSPS) is 25.6. The number of hydrogen-bond acceptors (Lipinski definition) is 3. The van der Waals surface area contributed by atoms with Crippen molar-refractivity contribution in [1.29, 1.82) is 0 Å². The molecule has 0 aromatic heterocycles. The average molecular weight is 297 g/mol. The number of halogens is 1. The molecule has 2 rings (SSSR count). The second-order valence-corrected chi connectivity index (χ2v) is 7.28. The summed E-state index contributed by atoms with van der Waals surface area (Å²) in [7, 11) is 0. The molecule has 4 heteroatoms. The van der Waals surface area contributed by atoms with Gasteiger partial charge in [-0.3, -0.25) is 11.3 Å². The van der Waals surface area contributed by atoms with Crippen LogP contribution in [0.15, 0.2) is 18.2 Å². The number of hydrazine groups is 1. The van der Waals surface area contributed by atoms with Crippen LogP contribution in [0.5, 0.6) is 0 Å². The fraction of sp³-hybridized carbons (Fsp3) is 0.625. The van der Waals surface area contributed by atoms with E-state index < -0.39 is 0 Å². The van der Waals surface area contributed by atoms with E-state index in [0.717, 1.165) is 22.6 Å². The zero-order chi connectivity index (χ0) is 15.1. The molecule has 1 aromatic carbocycles. The average Bonchev–Trinajstić information content (AvgIpc) is 2.54. The van der Waals surface area contributed by atoms with Gasteiger partial charge >= 0.3 is 0 Å². The lowest BCUT2D eigenvalue weighted by Gasteiger charge is -2.33. The minimum absolute atomic E-state index is 0.0147. The van der Waals surface area contributed by atoms with Gasteiger partial charge in [0.2, 0.25) is 0 Å². The van der Waals surface area contributed by atoms with Crippen molar-refractivity contribution in [1.82, 2.24) is 5.43 Å². The van der Waals surface area contributed by atoms with E-state index in [1.54, 1.807) is 0 Å². The highest BCUT2D eigenvalue weighted by atomic mass is 35.5. The summed E-state index contributed by atoms with van der Waals surface area (Å²) in [5.74, 6) is 6.11. The molecule has 1 aliphatic rings. The lowest BCUT2D eigenvalue weighted by molar-refractivity contribution is -0.0779. The van der Waals surface area contributed by atoms with Gasteiger partial charge in [0.1, 0.15) is 0 Å². The molecule has 0 spiro atoms. The molecular formula is C16H25ClN2O. The van der Waals surface area contributed by atoms with Crippen molar-refractivity contribution in [3.05, 3.63) is 34.3 Å². The number of rotatable bonds is 3. The maximum Gasteiger partial charge on any atom is 0.0681 e. The summed E-state index contributed by atoms with van der Waals surface area (Å²) in [4.78, 5) is 0. The molecule has 0 radical (unpaired) electrons. The van der Waals surface area contributed by atoms with Gasteiger partial charge in [0.15, 0.2) is 0 Å². The SMILES string of the molecule is Cc1cccc(C(NN)C2CC(C)(C)OC2(C)C)c1Cl. The molecule has 1 aromatic rings. The van der Waals surface area contributed by atoms with E-state index in [2.05, 4.69) is 33.1 Å². The van der Waals surface area contributed by atoms with Crippen LogP contribution in [0.4, 0.5) is 0 Å². The van der Waals surface area contributed by atoms with E-state index in [0.29, 0.717) is 0 Å². The zero-order valence-corrected chi connectivity index (χ0v) is 13.7. The Morgan fingerprint density at radius 3 is 2.50 bits per heavy atom. The third-order valence-corrected chi connectivity index (χ3v) is 4.80. The van der Waals surface area contributed by atoms with Crippen molar-refractivity contribution in [3.63, 3.8) is 0 Å². The second-order valence-electron chi connectivity index (χ2n) is 6.90. The number of hydrogen-bond donors (Lipinski definition) is 2. The number of nitrogens with two attached hydrogens (primary N) is 1. The van der Waals surface area contributed by atoms with E-state index in [4.69, 9.17) is 22.2 Å². The summed E-state index contributed by atoms with van der Waals surface area (Å²) >= 11 is 6.47. The third-order valence-electron chi connectivity index (χ3n) is 4.28. The first kappa shape index (κ1) is 15.8. The Hall–Kier alpha value is -0.610. The molecule has 3 nitrogen and oxygen atoms in total. The van der Waals surface area contributed by atoms with Crippen LogP contribution in [0.1, 0.15) is 51.3 Å². The summed E-state index contributed by atoms with van der Waals surface area (Å²) in [5.41, 5.74) is 4.69. The van der Waals surface area contributed by atoms with E-state index in [9.17, 15) is 0 Å². The predicted molar refractivity (Wildman–Crippen MR) is 83.6 cm³/mol. The Bertz CT molecular complexity index is 499. The van der Waals surface area contributed by atoms with Crippen molar-refractivity contribution in [2.45, 2.75) is 58.3 Å². The molecule has 1 saturated heterocycles. The van der Waals surface area contributed by atoms with Crippen LogP contribution >= 0.6 is 11.6 Å².